The van der Waals surface area contributed by atoms with Gasteiger partial charge in [-0.3, -0.25) is 4.79 Å². The number of nitrogens with zero attached hydrogens (tertiary/aromatic N) is 5. The minimum absolute atomic E-state index is 0.0965. The van der Waals surface area contributed by atoms with Crippen molar-refractivity contribution >= 4 is 17.7 Å². The Morgan fingerprint density at radius 3 is 2.55 bits per heavy atom. The molecule has 0 aromatic carbocycles. The number of aliphatic hydroxyl groups excluding tert-OH is 1. The zero-order valence-corrected chi connectivity index (χ0v) is 20.8. The molecule has 2 atom stereocenters. The Morgan fingerprint density at radius 2 is 1.94 bits per heavy atom. The summed E-state index contributed by atoms with van der Waals surface area (Å²) in [5, 5.41) is 24.4. The number of piperidine rings is 1. The second kappa shape index (κ2) is 9.70. The molecule has 0 aliphatic carbocycles. The van der Waals surface area contributed by atoms with Crippen molar-refractivity contribution in [1.82, 2.24) is 25.0 Å². The number of aromatic nitrogens is 2. The van der Waals surface area contributed by atoms with Crippen LogP contribution < -0.4 is 5.32 Å². The predicted octanol–water partition coefficient (Wildman–Crippen LogP) is 2.65. The van der Waals surface area contributed by atoms with Crippen LogP contribution in [-0.4, -0.2) is 73.8 Å². The molecule has 0 unspecified atom stereocenters. The molecule has 33 heavy (non-hydrogen) atoms. The average molecular weight is 463 g/mol. The van der Waals surface area contributed by atoms with Crippen LogP contribution in [0.4, 0.5) is 4.79 Å². The second-order valence-corrected chi connectivity index (χ2v) is 10.5. The van der Waals surface area contributed by atoms with Crippen LogP contribution in [0.15, 0.2) is 11.2 Å². The van der Waals surface area contributed by atoms with E-state index in [-0.39, 0.29) is 36.4 Å². The van der Waals surface area contributed by atoms with Crippen molar-refractivity contribution < 1.29 is 19.4 Å². The summed E-state index contributed by atoms with van der Waals surface area (Å²) in [6.07, 6.45) is 0.0206. The number of aliphatic hydroxyl groups is 1. The maximum absolute atomic E-state index is 12.8. The summed E-state index contributed by atoms with van der Waals surface area (Å²) in [5.41, 5.74) is 1.86. The molecule has 2 amide bonds. The summed E-state index contributed by atoms with van der Waals surface area (Å²) in [6.45, 7) is 14.5. The molecule has 1 aromatic rings. The molecule has 2 aliphatic heterocycles. The van der Waals surface area contributed by atoms with E-state index in [1.54, 1.807) is 4.90 Å². The minimum Gasteiger partial charge on any atom is -0.444 e. The van der Waals surface area contributed by atoms with E-state index in [2.05, 4.69) is 15.5 Å². The van der Waals surface area contributed by atoms with Gasteiger partial charge in [-0.1, -0.05) is 27.7 Å². The highest BCUT2D eigenvalue weighted by molar-refractivity contribution is 6.01. The monoisotopic (exact) mass is 462 g/mol. The smallest absolute Gasteiger partial charge is 0.410 e. The number of hydrazone groups is 1. The SMILES string of the molecule is CC(C)C1=NN(CC(=O)N[C@@H]2CCCN(C(=O)OC(C)(C)C)C2)[C@@H](O)n2nc(C(C)C)cc21. The first-order chi connectivity index (χ1) is 15.4. The highest BCUT2D eigenvalue weighted by Crippen LogP contribution is 2.26. The number of carbonyl (C=O) groups excluding carboxylic acids is 2. The average Bonchev–Trinajstić information content (AvgIpc) is 3.15. The fourth-order valence-electron chi connectivity index (χ4n) is 3.97. The van der Waals surface area contributed by atoms with Gasteiger partial charge in [0.15, 0.2) is 0 Å². The van der Waals surface area contributed by atoms with Crippen LogP contribution in [0, 0.1) is 5.92 Å². The fraction of sp³-hybridized carbons (Fsp3) is 0.739. The van der Waals surface area contributed by atoms with Crippen molar-refractivity contribution in [2.24, 2.45) is 11.0 Å². The zero-order chi connectivity index (χ0) is 24.5. The molecule has 1 aromatic heterocycles. The van der Waals surface area contributed by atoms with Crippen molar-refractivity contribution in [1.29, 1.82) is 0 Å². The van der Waals surface area contributed by atoms with Gasteiger partial charge in [0.1, 0.15) is 12.1 Å². The molecule has 3 rings (SSSR count). The van der Waals surface area contributed by atoms with E-state index in [1.807, 2.05) is 54.5 Å². The second-order valence-electron chi connectivity index (χ2n) is 10.5. The van der Waals surface area contributed by atoms with Gasteiger partial charge in [0, 0.05) is 19.1 Å². The van der Waals surface area contributed by atoms with Crippen LogP contribution in [0.3, 0.4) is 0 Å². The van der Waals surface area contributed by atoms with Crippen LogP contribution in [0.25, 0.3) is 0 Å². The Labute approximate surface area is 195 Å². The molecule has 3 heterocycles. The number of hydrogen-bond acceptors (Lipinski definition) is 7. The Morgan fingerprint density at radius 1 is 1.24 bits per heavy atom. The van der Waals surface area contributed by atoms with Gasteiger partial charge in [-0.05, 0) is 51.5 Å². The maximum atomic E-state index is 12.8. The van der Waals surface area contributed by atoms with Gasteiger partial charge in [0.05, 0.1) is 17.1 Å². The van der Waals surface area contributed by atoms with Crippen molar-refractivity contribution in [3.8, 4) is 0 Å². The number of fused-ring (bicyclic) bond motifs is 1. The first kappa shape index (κ1) is 25.0. The molecule has 10 heteroatoms. The maximum Gasteiger partial charge on any atom is 0.410 e. The third kappa shape index (κ3) is 6.04. The lowest BCUT2D eigenvalue weighted by Gasteiger charge is -2.35. The molecule has 2 N–H and O–H groups in total. The van der Waals surface area contributed by atoms with Gasteiger partial charge in [-0.15, -0.1) is 0 Å². The molecule has 1 fully saturated rings. The normalized spacial score (nSPS) is 21.2. The summed E-state index contributed by atoms with van der Waals surface area (Å²) in [5.74, 6) is 0.0376. The summed E-state index contributed by atoms with van der Waals surface area (Å²) >= 11 is 0. The molecule has 10 nitrogen and oxygen atoms in total. The number of nitrogens with one attached hydrogen (secondary N) is 1. The molecule has 0 saturated carbocycles. The van der Waals surface area contributed by atoms with Crippen molar-refractivity contribution in [3.63, 3.8) is 0 Å². The first-order valence-corrected chi connectivity index (χ1v) is 11.8. The highest BCUT2D eigenvalue weighted by Gasteiger charge is 2.33. The predicted molar refractivity (Wildman–Crippen MR) is 125 cm³/mol. The lowest BCUT2D eigenvalue weighted by Crippen LogP contribution is -2.52. The third-order valence-corrected chi connectivity index (χ3v) is 5.62. The van der Waals surface area contributed by atoms with E-state index in [1.165, 1.54) is 9.69 Å². The van der Waals surface area contributed by atoms with Gasteiger partial charge >= 0.3 is 6.09 Å². The highest BCUT2D eigenvalue weighted by atomic mass is 16.6. The molecule has 0 radical (unpaired) electrons. The summed E-state index contributed by atoms with van der Waals surface area (Å²) in [4.78, 5) is 26.9. The first-order valence-electron chi connectivity index (χ1n) is 11.8. The molecular weight excluding hydrogens is 424 g/mol. The fourth-order valence-corrected chi connectivity index (χ4v) is 3.97. The molecule has 2 aliphatic rings. The van der Waals surface area contributed by atoms with Crippen LogP contribution in [0.2, 0.25) is 0 Å². The Kier molecular flexibility index (Phi) is 7.36. The third-order valence-electron chi connectivity index (χ3n) is 5.62. The summed E-state index contributed by atoms with van der Waals surface area (Å²) in [7, 11) is 0. The van der Waals surface area contributed by atoms with Crippen LogP contribution >= 0.6 is 0 Å². The Balaban J connectivity index is 1.66. The van der Waals surface area contributed by atoms with E-state index < -0.39 is 12.0 Å². The molecular formula is C23H38N6O4. The van der Waals surface area contributed by atoms with E-state index in [4.69, 9.17) is 4.74 Å². The largest absolute Gasteiger partial charge is 0.444 e. The number of rotatable bonds is 5. The van der Waals surface area contributed by atoms with E-state index in [0.29, 0.717) is 13.1 Å². The van der Waals surface area contributed by atoms with E-state index in [0.717, 1.165) is 29.9 Å². The lowest BCUT2D eigenvalue weighted by atomic mass is 10.0. The lowest BCUT2D eigenvalue weighted by molar-refractivity contribution is -0.131. The molecule has 0 spiro atoms. The minimum atomic E-state index is -1.16. The van der Waals surface area contributed by atoms with Crippen LogP contribution in [-0.2, 0) is 9.53 Å². The van der Waals surface area contributed by atoms with Crippen molar-refractivity contribution in [3.05, 3.63) is 17.5 Å². The molecule has 1 saturated heterocycles. The van der Waals surface area contributed by atoms with Gasteiger partial charge in [-0.25, -0.2) is 14.5 Å². The Hall–Kier alpha value is -2.62. The summed E-state index contributed by atoms with van der Waals surface area (Å²) < 4.78 is 7.00. The van der Waals surface area contributed by atoms with Crippen molar-refractivity contribution in [2.75, 3.05) is 19.6 Å². The van der Waals surface area contributed by atoms with E-state index >= 15 is 0 Å². The summed E-state index contributed by atoms with van der Waals surface area (Å²) in [6, 6.07) is 1.78. The van der Waals surface area contributed by atoms with E-state index in [9.17, 15) is 14.7 Å². The van der Waals surface area contributed by atoms with Gasteiger partial charge in [-0.2, -0.15) is 10.2 Å². The topological polar surface area (TPSA) is 112 Å². The van der Waals surface area contributed by atoms with Gasteiger partial charge < -0.3 is 20.1 Å². The number of hydrogen-bond donors (Lipinski definition) is 2. The zero-order valence-electron chi connectivity index (χ0n) is 20.8. The Bertz CT molecular complexity index is 901. The molecule has 0 bridgehead atoms. The molecule has 184 valence electrons. The van der Waals surface area contributed by atoms with Crippen LogP contribution in [0.5, 0.6) is 0 Å². The van der Waals surface area contributed by atoms with Gasteiger partial charge in [0.2, 0.25) is 12.3 Å². The number of likely N-dealkylation sites (tertiary alicyclic amines) is 1. The number of amides is 2. The number of ether oxygens (including phenoxy) is 1. The standard InChI is InChI=1S/C23H38N6O4/c1-14(2)17-11-18-20(15(3)4)26-28(21(31)29(18)25-17)13-19(30)24-16-9-8-10-27(12-16)22(32)33-23(5,6)7/h11,14-16,21,31H,8-10,12-13H2,1-7H3,(H,24,30)/t16-,21-/m1/s1. The number of carbonyl (C=O) groups is 2. The van der Waals surface area contributed by atoms with Crippen molar-refractivity contribution in [2.45, 2.75) is 85.2 Å². The van der Waals surface area contributed by atoms with Crippen LogP contribution in [0.1, 0.15) is 85.0 Å². The van der Waals surface area contributed by atoms with Gasteiger partial charge in [0.25, 0.3) is 0 Å². The quantitative estimate of drug-likeness (QED) is 0.696.